The number of hydrogen-bond donors (Lipinski definition) is 0. The molecule has 7 heteroatoms. The van der Waals surface area contributed by atoms with Crippen LogP contribution in [-0.2, 0) is 0 Å². The van der Waals surface area contributed by atoms with Gasteiger partial charge in [0, 0.05) is 19.3 Å². The average Bonchev–Trinajstić information content (AvgIpc) is 3.17. The summed E-state index contributed by atoms with van der Waals surface area (Å²) in [4.78, 5) is 3.34. The lowest BCUT2D eigenvalue weighted by atomic mass is 10.1. The first kappa shape index (κ1) is 13.7. The second-order valence-electron chi connectivity index (χ2n) is 5.70. The quantitative estimate of drug-likeness (QED) is 0.741. The van der Waals surface area contributed by atoms with E-state index >= 15 is 0 Å². The molecule has 4 rings (SSSR count). The van der Waals surface area contributed by atoms with E-state index in [-0.39, 0.29) is 6.04 Å². The molecule has 3 aromatic heterocycles. The van der Waals surface area contributed by atoms with Crippen LogP contribution in [0.3, 0.4) is 0 Å². The number of nitrogens with zero attached hydrogens (tertiary/aromatic N) is 5. The molecule has 114 valence electrons. The van der Waals surface area contributed by atoms with Crippen molar-refractivity contribution in [3.05, 3.63) is 41.4 Å². The van der Waals surface area contributed by atoms with Crippen molar-refractivity contribution in [3.63, 3.8) is 0 Å². The van der Waals surface area contributed by atoms with Crippen LogP contribution in [0.1, 0.15) is 30.5 Å². The van der Waals surface area contributed by atoms with Gasteiger partial charge in [-0.25, -0.2) is 0 Å². The Bertz CT molecular complexity index is 757. The smallest absolute Gasteiger partial charge is 0.257 e. The summed E-state index contributed by atoms with van der Waals surface area (Å²) in [7, 11) is 0. The molecule has 0 saturated carbocycles. The van der Waals surface area contributed by atoms with E-state index < -0.39 is 0 Å². The van der Waals surface area contributed by atoms with Crippen LogP contribution < -0.4 is 0 Å². The highest BCUT2D eigenvalue weighted by Gasteiger charge is 2.34. The fraction of sp³-hybridized carbons (Fsp3) is 0.400. The number of aryl methyl sites for hydroxylation is 1. The van der Waals surface area contributed by atoms with Crippen molar-refractivity contribution in [1.82, 2.24) is 24.9 Å². The van der Waals surface area contributed by atoms with Gasteiger partial charge < -0.3 is 4.42 Å². The maximum atomic E-state index is 5.82. The number of thiophene rings is 1. The molecule has 1 atom stereocenters. The van der Waals surface area contributed by atoms with Gasteiger partial charge in [-0.05, 0) is 30.9 Å². The minimum atomic E-state index is 0.133. The van der Waals surface area contributed by atoms with Gasteiger partial charge in [0.05, 0.1) is 23.2 Å². The molecule has 4 heterocycles. The zero-order valence-electron chi connectivity index (χ0n) is 12.5. The van der Waals surface area contributed by atoms with Crippen LogP contribution in [0.5, 0.6) is 0 Å². The van der Waals surface area contributed by atoms with Gasteiger partial charge in [0.1, 0.15) is 0 Å². The van der Waals surface area contributed by atoms with Gasteiger partial charge in [-0.2, -0.15) is 5.10 Å². The number of aromatic nitrogens is 4. The summed E-state index contributed by atoms with van der Waals surface area (Å²) in [6, 6.07) is 4.55. The van der Waals surface area contributed by atoms with Crippen molar-refractivity contribution in [2.75, 3.05) is 13.1 Å². The van der Waals surface area contributed by atoms with Crippen LogP contribution in [0.4, 0.5) is 0 Å². The second kappa shape index (κ2) is 5.33. The molecule has 0 aromatic carbocycles. The molecule has 0 unspecified atom stereocenters. The van der Waals surface area contributed by atoms with Gasteiger partial charge in [-0.3, -0.25) is 9.58 Å². The summed E-state index contributed by atoms with van der Waals surface area (Å²) in [5.74, 6) is 1.29. The molecule has 1 fully saturated rings. The highest BCUT2D eigenvalue weighted by molar-refractivity contribution is 7.13. The first-order valence-corrected chi connectivity index (χ1v) is 8.21. The van der Waals surface area contributed by atoms with E-state index in [2.05, 4.69) is 40.2 Å². The Morgan fingerprint density at radius 1 is 1.36 bits per heavy atom. The Morgan fingerprint density at radius 3 is 2.91 bits per heavy atom. The molecule has 0 amide bonds. The second-order valence-corrected chi connectivity index (χ2v) is 6.65. The molecule has 0 aliphatic carbocycles. The monoisotopic (exact) mass is 315 g/mol. The standard InChI is InChI=1S/C15H17N5OS/c1-10-6-16-20(7-10)12-8-19(9-12)11(2)14-17-18-15(21-14)13-4-3-5-22-13/h3-7,11-12H,8-9H2,1-2H3/t11-/m1/s1. The fourth-order valence-corrected chi connectivity index (χ4v) is 3.31. The molecular weight excluding hydrogens is 298 g/mol. The van der Waals surface area contributed by atoms with Gasteiger partial charge in [-0.15, -0.1) is 21.5 Å². The molecule has 0 spiro atoms. The number of hydrogen-bond acceptors (Lipinski definition) is 6. The summed E-state index contributed by atoms with van der Waals surface area (Å²) in [5.41, 5.74) is 1.20. The van der Waals surface area contributed by atoms with Crippen LogP contribution in [0.25, 0.3) is 10.8 Å². The summed E-state index contributed by atoms with van der Waals surface area (Å²) in [6.45, 7) is 6.08. The van der Waals surface area contributed by atoms with Crippen molar-refractivity contribution in [2.45, 2.75) is 25.9 Å². The molecule has 1 aliphatic rings. The SMILES string of the molecule is Cc1cnn(C2CN([C@H](C)c3nnc(-c4cccs4)o3)C2)c1. The lowest BCUT2D eigenvalue weighted by Crippen LogP contribution is -2.48. The van der Waals surface area contributed by atoms with Crippen LogP contribution in [0, 0.1) is 6.92 Å². The molecule has 0 bridgehead atoms. The van der Waals surface area contributed by atoms with Gasteiger partial charge in [0.2, 0.25) is 5.89 Å². The van der Waals surface area contributed by atoms with Crippen molar-refractivity contribution >= 4 is 11.3 Å². The van der Waals surface area contributed by atoms with Crippen molar-refractivity contribution in [3.8, 4) is 10.8 Å². The number of rotatable bonds is 4. The predicted octanol–water partition coefficient (Wildman–Crippen LogP) is 2.92. The molecule has 0 N–H and O–H groups in total. The third-order valence-corrected chi connectivity index (χ3v) is 4.93. The van der Waals surface area contributed by atoms with E-state index in [1.807, 2.05) is 28.4 Å². The van der Waals surface area contributed by atoms with Gasteiger partial charge in [0.25, 0.3) is 5.89 Å². The van der Waals surface area contributed by atoms with Crippen molar-refractivity contribution in [1.29, 1.82) is 0 Å². The van der Waals surface area contributed by atoms with E-state index in [1.54, 1.807) is 11.3 Å². The summed E-state index contributed by atoms with van der Waals surface area (Å²) < 4.78 is 7.86. The first-order valence-electron chi connectivity index (χ1n) is 7.33. The van der Waals surface area contributed by atoms with Crippen LogP contribution >= 0.6 is 11.3 Å². The van der Waals surface area contributed by atoms with Gasteiger partial charge in [0.15, 0.2) is 0 Å². The molecule has 3 aromatic rings. The van der Waals surface area contributed by atoms with Crippen LogP contribution in [0.2, 0.25) is 0 Å². The summed E-state index contributed by atoms with van der Waals surface area (Å²) in [6.07, 6.45) is 3.99. The lowest BCUT2D eigenvalue weighted by Gasteiger charge is -2.41. The van der Waals surface area contributed by atoms with Gasteiger partial charge >= 0.3 is 0 Å². The summed E-state index contributed by atoms with van der Waals surface area (Å²) >= 11 is 1.61. The highest BCUT2D eigenvalue weighted by atomic mass is 32.1. The van der Waals surface area contributed by atoms with Crippen molar-refractivity contribution < 1.29 is 4.42 Å². The maximum Gasteiger partial charge on any atom is 0.257 e. The van der Waals surface area contributed by atoms with E-state index in [1.165, 1.54) is 5.56 Å². The third-order valence-electron chi connectivity index (χ3n) is 4.07. The van der Waals surface area contributed by atoms with E-state index in [4.69, 9.17) is 4.42 Å². The van der Waals surface area contributed by atoms with E-state index in [0.717, 1.165) is 18.0 Å². The Labute approximate surface area is 132 Å². The Hall–Kier alpha value is -1.99. The Morgan fingerprint density at radius 2 is 2.23 bits per heavy atom. The van der Waals surface area contributed by atoms with Crippen LogP contribution in [-0.4, -0.2) is 38.0 Å². The zero-order chi connectivity index (χ0) is 15.1. The maximum absolute atomic E-state index is 5.82. The Kier molecular flexibility index (Phi) is 3.31. The largest absolute Gasteiger partial charge is 0.418 e. The Balaban J connectivity index is 1.42. The fourth-order valence-electron chi connectivity index (χ4n) is 2.66. The third kappa shape index (κ3) is 2.36. The van der Waals surface area contributed by atoms with Crippen LogP contribution in [0.15, 0.2) is 34.3 Å². The number of likely N-dealkylation sites (tertiary alicyclic amines) is 1. The minimum Gasteiger partial charge on any atom is -0.418 e. The van der Waals surface area contributed by atoms with Gasteiger partial charge in [-0.1, -0.05) is 6.07 Å². The first-order chi connectivity index (χ1) is 10.7. The predicted molar refractivity (Wildman–Crippen MR) is 83.6 cm³/mol. The van der Waals surface area contributed by atoms with E-state index in [9.17, 15) is 0 Å². The molecular formula is C15H17N5OS. The lowest BCUT2D eigenvalue weighted by molar-refractivity contribution is 0.0484. The molecule has 1 aliphatic heterocycles. The molecule has 1 saturated heterocycles. The summed E-state index contributed by atoms with van der Waals surface area (Å²) in [5, 5.41) is 14.7. The topological polar surface area (TPSA) is 60.0 Å². The average molecular weight is 315 g/mol. The molecule has 0 radical (unpaired) electrons. The normalized spacial score (nSPS) is 17.5. The minimum absolute atomic E-state index is 0.133. The highest BCUT2D eigenvalue weighted by Crippen LogP contribution is 2.32. The van der Waals surface area contributed by atoms with Crippen molar-refractivity contribution in [2.24, 2.45) is 0 Å². The zero-order valence-corrected chi connectivity index (χ0v) is 13.3. The molecule has 6 nitrogen and oxygen atoms in total. The molecule has 22 heavy (non-hydrogen) atoms. The van der Waals surface area contributed by atoms with E-state index in [0.29, 0.717) is 17.8 Å².